The predicted molar refractivity (Wildman–Crippen MR) is 119 cm³/mol. The van der Waals surface area contributed by atoms with Crippen molar-refractivity contribution in [1.82, 2.24) is 24.6 Å². The third-order valence-electron chi connectivity index (χ3n) is 5.91. The van der Waals surface area contributed by atoms with E-state index >= 15 is 0 Å². The zero-order valence-electron chi connectivity index (χ0n) is 17.7. The van der Waals surface area contributed by atoms with Crippen LogP contribution in [0.4, 0.5) is 8.87 Å². The van der Waals surface area contributed by atoms with Crippen LogP contribution in [0.5, 0.6) is 0 Å². The van der Waals surface area contributed by atoms with Crippen molar-refractivity contribution in [3.8, 4) is 10.4 Å². The van der Waals surface area contributed by atoms with Crippen LogP contribution in [-0.2, 0) is 13.1 Å². The Morgan fingerprint density at radius 1 is 1.22 bits per heavy atom. The molecule has 3 aromatic rings. The minimum atomic E-state index is -0.313. The second-order valence-electron chi connectivity index (χ2n) is 8.19. The molecule has 32 heavy (non-hydrogen) atoms. The molecular weight excluding hydrogens is 432 g/mol. The van der Waals surface area contributed by atoms with Gasteiger partial charge in [-0.1, -0.05) is 16.6 Å². The van der Waals surface area contributed by atoms with E-state index in [1.165, 1.54) is 29.7 Å². The maximum atomic E-state index is 13.6. The Bertz CT molecular complexity index is 1170. The predicted octanol–water partition coefficient (Wildman–Crippen LogP) is 4.82. The lowest BCUT2D eigenvalue weighted by atomic mass is 9.97. The van der Waals surface area contributed by atoms with Crippen LogP contribution < -0.4 is 0 Å². The molecule has 0 N–H and O–H groups in total. The van der Waals surface area contributed by atoms with Crippen LogP contribution in [0, 0.1) is 12.7 Å². The summed E-state index contributed by atoms with van der Waals surface area (Å²) < 4.78 is 28.7. The van der Waals surface area contributed by atoms with Crippen LogP contribution in [0.25, 0.3) is 16.5 Å². The van der Waals surface area contributed by atoms with E-state index in [1.54, 1.807) is 22.8 Å². The highest BCUT2D eigenvalue weighted by molar-refractivity contribution is 7.15. The first-order valence-electron chi connectivity index (χ1n) is 10.7. The summed E-state index contributed by atoms with van der Waals surface area (Å²) in [5.74, 6) is 0.306. The number of amides is 1. The summed E-state index contributed by atoms with van der Waals surface area (Å²) in [4.78, 5) is 25.4. The Kier molecular flexibility index (Phi) is 5.50. The minimum absolute atomic E-state index is 0.00161. The van der Waals surface area contributed by atoms with Crippen LogP contribution >= 0.6 is 11.3 Å². The van der Waals surface area contributed by atoms with Crippen molar-refractivity contribution >= 4 is 23.3 Å². The number of halogens is 2. The lowest BCUT2D eigenvalue weighted by Crippen LogP contribution is -2.45. The lowest BCUT2D eigenvalue weighted by Gasteiger charge is -2.35. The van der Waals surface area contributed by atoms with E-state index in [2.05, 4.69) is 9.97 Å². The first-order chi connectivity index (χ1) is 15.5. The Hall–Kier alpha value is -3.07. The summed E-state index contributed by atoms with van der Waals surface area (Å²) in [6.45, 7) is 2.65. The molecule has 1 saturated heterocycles. The third kappa shape index (κ3) is 4.04. The number of hydrogen-bond donors (Lipinski definition) is 0. The molecule has 0 bridgehead atoms. The molecule has 0 saturated carbocycles. The van der Waals surface area contributed by atoms with Crippen molar-refractivity contribution in [3.63, 3.8) is 0 Å². The fraction of sp³-hybridized carbons (Fsp3) is 0.348. The molecule has 2 aliphatic rings. The van der Waals surface area contributed by atoms with Crippen LogP contribution in [0.3, 0.4) is 0 Å². The zero-order valence-corrected chi connectivity index (χ0v) is 18.5. The number of hydrogen-bond acceptors (Lipinski definition) is 5. The Balaban J connectivity index is 1.40. The number of carbonyl (C=O) groups excluding carboxylic acids is 1. The Labute approximate surface area is 188 Å². The van der Waals surface area contributed by atoms with E-state index in [4.69, 9.17) is 0 Å². The largest absolute Gasteiger partial charge is 0.334 e. The topological polar surface area (TPSA) is 54.3 Å². The number of aromatic nitrogens is 3. The monoisotopic (exact) mass is 455 g/mol. The van der Waals surface area contributed by atoms with Crippen molar-refractivity contribution < 1.29 is 13.7 Å². The van der Waals surface area contributed by atoms with E-state index in [-0.39, 0.29) is 24.4 Å². The van der Waals surface area contributed by atoms with Crippen LogP contribution in [0.1, 0.15) is 46.3 Å². The smallest absolute Gasteiger partial charge is 0.274 e. The van der Waals surface area contributed by atoms with Gasteiger partial charge in [0.2, 0.25) is 0 Å². The number of aryl methyl sites for hydroxylation is 1. The first-order valence-corrected chi connectivity index (χ1v) is 11.5. The SMILES string of the molecule is Cc1nc(C(=O)N2CCCC[C@H]2Cc2cn3c(n2)C=CN(F)C3)c(-c2ccc(F)cc2)s1. The number of carbonyl (C=O) groups is 1. The normalized spacial score (nSPS) is 18.2. The summed E-state index contributed by atoms with van der Waals surface area (Å²) in [6, 6.07) is 6.17. The van der Waals surface area contributed by atoms with E-state index in [9.17, 15) is 13.7 Å². The van der Waals surface area contributed by atoms with Gasteiger partial charge in [-0.2, -0.15) is 5.12 Å². The van der Waals surface area contributed by atoms with Gasteiger partial charge < -0.3 is 9.47 Å². The Morgan fingerprint density at radius 3 is 2.84 bits per heavy atom. The summed E-state index contributed by atoms with van der Waals surface area (Å²) in [6.07, 6.45) is 8.35. The standard InChI is InChI=1S/C23H23F2N5OS/c1-15-26-21(22(32-15)16-5-7-17(24)8-6-16)23(31)30-10-3-2-4-19(30)12-18-13-28-14-29(25)11-9-20(28)27-18/h5-9,11,13,19H,2-4,10,12,14H2,1H3/t19-/m0/s1. The van der Waals surface area contributed by atoms with Gasteiger partial charge in [0.15, 0.2) is 0 Å². The molecule has 1 atom stereocenters. The molecular formula is C23H23F2N5OS. The number of benzene rings is 1. The fourth-order valence-corrected chi connectivity index (χ4v) is 5.31. The molecule has 0 aliphatic carbocycles. The second-order valence-corrected chi connectivity index (χ2v) is 9.39. The van der Waals surface area contributed by atoms with Gasteiger partial charge in [-0.15, -0.1) is 11.3 Å². The van der Waals surface area contributed by atoms with Crippen molar-refractivity contribution in [2.75, 3.05) is 6.54 Å². The van der Waals surface area contributed by atoms with E-state index < -0.39 is 0 Å². The first kappa shape index (κ1) is 20.8. The molecule has 2 aromatic heterocycles. The van der Waals surface area contributed by atoms with Gasteiger partial charge >= 0.3 is 0 Å². The zero-order chi connectivity index (χ0) is 22.2. The van der Waals surface area contributed by atoms with Crippen molar-refractivity contribution in [2.24, 2.45) is 0 Å². The van der Waals surface area contributed by atoms with Crippen LogP contribution in [0.15, 0.2) is 36.7 Å². The molecule has 1 aromatic carbocycles. The van der Waals surface area contributed by atoms with Crippen molar-refractivity contribution in [1.29, 1.82) is 0 Å². The average molecular weight is 456 g/mol. The summed E-state index contributed by atoms with van der Waals surface area (Å²) in [7, 11) is 0. The third-order valence-corrected chi connectivity index (χ3v) is 6.93. The van der Waals surface area contributed by atoms with Gasteiger partial charge in [0, 0.05) is 31.4 Å². The number of thiazole rings is 1. The van der Waals surface area contributed by atoms with Gasteiger partial charge in [0.25, 0.3) is 5.91 Å². The number of likely N-dealkylation sites (tertiary alicyclic amines) is 1. The maximum absolute atomic E-state index is 13.6. The molecule has 2 aliphatic heterocycles. The molecule has 6 nitrogen and oxygen atoms in total. The van der Waals surface area contributed by atoms with Crippen LogP contribution in [-0.4, -0.2) is 43.1 Å². The second kappa shape index (κ2) is 8.46. The molecule has 5 rings (SSSR count). The number of rotatable bonds is 4. The average Bonchev–Trinajstić information content (AvgIpc) is 3.36. The molecule has 0 spiro atoms. The summed E-state index contributed by atoms with van der Waals surface area (Å²) in [5, 5.41) is 1.40. The quantitative estimate of drug-likeness (QED) is 0.530. The number of piperidine rings is 1. The highest BCUT2D eigenvalue weighted by Crippen LogP contribution is 2.33. The fourth-order valence-electron chi connectivity index (χ4n) is 4.40. The minimum Gasteiger partial charge on any atom is -0.334 e. The van der Waals surface area contributed by atoms with E-state index in [1.807, 2.05) is 18.0 Å². The molecule has 1 fully saturated rings. The van der Waals surface area contributed by atoms with Gasteiger partial charge in [-0.05, 0) is 50.0 Å². The van der Waals surface area contributed by atoms with Crippen molar-refractivity contribution in [3.05, 3.63) is 64.7 Å². The number of imidazole rings is 1. The van der Waals surface area contributed by atoms with E-state index in [0.29, 0.717) is 23.8 Å². The van der Waals surface area contributed by atoms with E-state index in [0.717, 1.165) is 46.2 Å². The molecule has 4 heterocycles. The molecule has 0 unspecified atom stereocenters. The summed E-state index contributed by atoms with van der Waals surface area (Å²) in [5.41, 5.74) is 2.06. The Morgan fingerprint density at radius 2 is 2.03 bits per heavy atom. The van der Waals surface area contributed by atoms with Gasteiger partial charge in [-0.25, -0.2) is 14.4 Å². The van der Waals surface area contributed by atoms with Gasteiger partial charge in [0.05, 0.1) is 15.6 Å². The maximum Gasteiger partial charge on any atom is 0.274 e. The number of nitrogens with zero attached hydrogens (tertiary/aromatic N) is 5. The highest BCUT2D eigenvalue weighted by atomic mass is 32.1. The highest BCUT2D eigenvalue weighted by Gasteiger charge is 2.31. The van der Waals surface area contributed by atoms with Crippen LogP contribution in [0.2, 0.25) is 0 Å². The molecule has 1 amide bonds. The van der Waals surface area contributed by atoms with Gasteiger partial charge in [-0.3, -0.25) is 4.79 Å². The molecule has 9 heteroatoms. The molecule has 0 radical (unpaired) electrons. The van der Waals surface area contributed by atoms with Gasteiger partial charge in [0.1, 0.15) is 24.0 Å². The molecule has 166 valence electrons. The van der Waals surface area contributed by atoms with Crippen molar-refractivity contribution in [2.45, 2.75) is 45.3 Å². The number of fused-ring (bicyclic) bond motifs is 1. The summed E-state index contributed by atoms with van der Waals surface area (Å²) >= 11 is 1.44. The lowest BCUT2D eigenvalue weighted by molar-refractivity contribution is 0.0492.